The Morgan fingerprint density at radius 1 is 1.29 bits per heavy atom. The lowest BCUT2D eigenvalue weighted by Crippen LogP contribution is -1.91. The summed E-state index contributed by atoms with van der Waals surface area (Å²) in [5.41, 5.74) is 0. The molecule has 0 aliphatic rings. The van der Waals surface area contributed by atoms with Crippen LogP contribution in [0.1, 0.15) is 9.67 Å². The zero-order valence-corrected chi connectivity index (χ0v) is 9.13. The molecule has 0 saturated carbocycles. The summed E-state index contributed by atoms with van der Waals surface area (Å²) in [5, 5.41) is 10.1. The molecule has 1 aromatic carbocycles. The van der Waals surface area contributed by atoms with E-state index in [2.05, 4.69) is 0 Å². The Balaban J connectivity index is 2.25. The average molecular weight is 256 g/mol. The van der Waals surface area contributed by atoms with Crippen molar-refractivity contribution in [2.45, 2.75) is 0 Å². The fraction of sp³-hybridized carbons (Fsp3) is 0. The van der Waals surface area contributed by atoms with Crippen molar-refractivity contribution < 1.29 is 23.4 Å². The maximum atomic E-state index is 13.2. The monoisotopic (exact) mass is 256 g/mol. The molecule has 6 heteroatoms. The van der Waals surface area contributed by atoms with Crippen LogP contribution in [0, 0.1) is 11.6 Å². The summed E-state index contributed by atoms with van der Waals surface area (Å²) in [6.45, 7) is 0. The first-order chi connectivity index (χ1) is 8.06. The number of hydrogen-bond donors (Lipinski definition) is 1. The summed E-state index contributed by atoms with van der Waals surface area (Å²) < 4.78 is 31.1. The van der Waals surface area contributed by atoms with Gasteiger partial charge in [-0.3, -0.25) is 0 Å². The number of carbonyl (C=O) groups is 1. The van der Waals surface area contributed by atoms with Gasteiger partial charge in [0.1, 0.15) is 16.4 Å². The van der Waals surface area contributed by atoms with Crippen molar-refractivity contribution in [3.63, 3.8) is 0 Å². The normalized spacial score (nSPS) is 10.2. The minimum absolute atomic E-state index is 0.0665. The maximum absolute atomic E-state index is 13.2. The van der Waals surface area contributed by atoms with E-state index in [1.165, 1.54) is 11.4 Å². The van der Waals surface area contributed by atoms with Crippen molar-refractivity contribution in [3.8, 4) is 11.5 Å². The topological polar surface area (TPSA) is 46.5 Å². The van der Waals surface area contributed by atoms with Gasteiger partial charge >= 0.3 is 5.97 Å². The highest BCUT2D eigenvalue weighted by Gasteiger charge is 2.11. The number of hydrogen-bond acceptors (Lipinski definition) is 3. The van der Waals surface area contributed by atoms with Crippen LogP contribution in [-0.4, -0.2) is 11.1 Å². The molecule has 0 atom stereocenters. The first-order valence-corrected chi connectivity index (χ1v) is 5.39. The predicted octanol–water partition coefficient (Wildman–Crippen LogP) is 3.52. The van der Waals surface area contributed by atoms with Gasteiger partial charge < -0.3 is 9.84 Å². The molecular formula is C11H6F2O3S. The Morgan fingerprint density at radius 3 is 2.71 bits per heavy atom. The first-order valence-electron chi connectivity index (χ1n) is 4.51. The van der Waals surface area contributed by atoms with Crippen LogP contribution in [0.2, 0.25) is 0 Å². The van der Waals surface area contributed by atoms with Crippen LogP contribution >= 0.6 is 11.3 Å². The Morgan fingerprint density at radius 2 is 2.06 bits per heavy atom. The standard InChI is InChI=1S/C11H6F2O3S/c12-6-1-2-8(13)9(3-6)16-7-4-10(11(14)15)17-5-7/h1-5H,(H,14,15). The fourth-order valence-electron chi connectivity index (χ4n) is 1.17. The second-order valence-corrected chi connectivity index (χ2v) is 4.04. The van der Waals surface area contributed by atoms with Crippen molar-refractivity contribution in [1.29, 1.82) is 0 Å². The largest absolute Gasteiger partial charge is 0.477 e. The molecule has 0 saturated heterocycles. The summed E-state index contributed by atoms with van der Waals surface area (Å²) in [4.78, 5) is 10.7. The van der Waals surface area contributed by atoms with Crippen LogP contribution in [0.5, 0.6) is 11.5 Å². The molecular weight excluding hydrogens is 250 g/mol. The summed E-state index contributed by atoms with van der Waals surface area (Å²) >= 11 is 0.946. The van der Waals surface area contributed by atoms with Crippen molar-refractivity contribution in [3.05, 3.63) is 46.2 Å². The Labute approximate surface area is 98.9 Å². The lowest BCUT2D eigenvalue weighted by Gasteiger charge is -2.03. The molecule has 3 nitrogen and oxygen atoms in total. The number of carboxylic acids is 1. The Hall–Kier alpha value is -1.95. The minimum atomic E-state index is -1.09. The number of thiophene rings is 1. The molecule has 88 valence electrons. The number of rotatable bonds is 3. The van der Waals surface area contributed by atoms with Gasteiger partial charge in [-0.1, -0.05) is 0 Å². The molecule has 0 unspecified atom stereocenters. The second kappa shape index (κ2) is 4.50. The van der Waals surface area contributed by atoms with Crippen molar-refractivity contribution in [2.75, 3.05) is 0 Å². The van der Waals surface area contributed by atoms with E-state index in [-0.39, 0.29) is 16.4 Å². The van der Waals surface area contributed by atoms with E-state index in [1.807, 2.05) is 0 Å². The van der Waals surface area contributed by atoms with Crippen LogP contribution in [0.4, 0.5) is 8.78 Å². The molecule has 1 aromatic heterocycles. The van der Waals surface area contributed by atoms with E-state index in [4.69, 9.17) is 9.84 Å². The SMILES string of the molecule is O=C(O)c1cc(Oc2cc(F)ccc2F)cs1. The van der Waals surface area contributed by atoms with Crippen LogP contribution in [0.15, 0.2) is 29.6 Å². The number of benzene rings is 1. The predicted molar refractivity (Wildman–Crippen MR) is 57.7 cm³/mol. The van der Waals surface area contributed by atoms with Crippen LogP contribution in [-0.2, 0) is 0 Å². The molecule has 17 heavy (non-hydrogen) atoms. The van der Waals surface area contributed by atoms with E-state index in [1.54, 1.807) is 0 Å². The fourth-order valence-corrected chi connectivity index (χ4v) is 1.81. The lowest BCUT2D eigenvalue weighted by molar-refractivity contribution is 0.0702. The zero-order valence-electron chi connectivity index (χ0n) is 8.31. The van der Waals surface area contributed by atoms with Crippen LogP contribution in [0.3, 0.4) is 0 Å². The third kappa shape index (κ3) is 2.59. The quantitative estimate of drug-likeness (QED) is 0.913. The zero-order chi connectivity index (χ0) is 12.4. The lowest BCUT2D eigenvalue weighted by atomic mass is 10.3. The number of carboxylic acid groups (broad SMARTS) is 1. The van der Waals surface area contributed by atoms with Crippen molar-refractivity contribution >= 4 is 17.3 Å². The van der Waals surface area contributed by atoms with E-state index in [0.717, 1.165) is 29.5 Å². The van der Waals surface area contributed by atoms with Crippen LogP contribution in [0.25, 0.3) is 0 Å². The smallest absolute Gasteiger partial charge is 0.346 e. The number of ether oxygens (including phenoxy) is 1. The van der Waals surface area contributed by atoms with Gasteiger partial charge in [-0.05, 0) is 12.1 Å². The summed E-state index contributed by atoms with van der Waals surface area (Å²) in [6, 6.07) is 4.05. The highest BCUT2D eigenvalue weighted by molar-refractivity contribution is 7.12. The van der Waals surface area contributed by atoms with E-state index in [0.29, 0.717) is 0 Å². The number of aromatic carboxylic acids is 1. The van der Waals surface area contributed by atoms with E-state index >= 15 is 0 Å². The Bertz CT molecular complexity index is 566. The molecule has 2 aromatic rings. The van der Waals surface area contributed by atoms with Gasteiger partial charge in [0.05, 0.1) is 0 Å². The van der Waals surface area contributed by atoms with Crippen molar-refractivity contribution in [1.82, 2.24) is 0 Å². The second-order valence-electron chi connectivity index (χ2n) is 3.13. The summed E-state index contributed by atoms with van der Waals surface area (Å²) in [5.74, 6) is -2.55. The van der Waals surface area contributed by atoms with Gasteiger partial charge in [0.25, 0.3) is 0 Å². The van der Waals surface area contributed by atoms with E-state index in [9.17, 15) is 13.6 Å². The number of halogens is 2. The van der Waals surface area contributed by atoms with Gasteiger partial charge in [0.2, 0.25) is 0 Å². The molecule has 1 N–H and O–H groups in total. The minimum Gasteiger partial charge on any atom is -0.477 e. The molecule has 0 amide bonds. The van der Waals surface area contributed by atoms with Crippen LogP contribution < -0.4 is 4.74 Å². The highest BCUT2D eigenvalue weighted by atomic mass is 32.1. The molecule has 0 spiro atoms. The van der Waals surface area contributed by atoms with Gasteiger partial charge in [0, 0.05) is 17.5 Å². The molecule has 0 radical (unpaired) electrons. The molecule has 2 rings (SSSR count). The average Bonchev–Trinajstić information content (AvgIpc) is 2.72. The third-order valence-electron chi connectivity index (χ3n) is 1.91. The molecule has 1 heterocycles. The molecule has 0 fully saturated rings. The van der Waals surface area contributed by atoms with Gasteiger partial charge in [-0.25, -0.2) is 13.6 Å². The molecule has 0 aliphatic carbocycles. The highest BCUT2D eigenvalue weighted by Crippen LogP contribution is 2.29. The molecule has 0 bridgehead atoms. The van der Waals surface area contributed by atoms with Gasteiger partial charge in [-0.15, -0.1) is 11.3 Å². The first kappa shape index (κ1) is 11.5. The van der Waals surface area contributed by atoms with Gasteiger partial charge in [0.15, 0.2) is 11.6 Å². The third-order valence-corrected chi connectivity index (χ3v) is 2.80. The summed E-state index contributed by atoms with van der Waals surface area (Å²) in [6.07, 6.45) is 0. The Kier molecular flexibility index (Phi) is 3.06. The van der Waals surface area contributed by atoms with Gasteiger partial charge in [-0.2, -0.15) is 0 Å². The van der Waals surface area contributed by atoms with E-state index < -0.39 is 17.6 Å². The summed E-state index contributed by atoms with van der Waals surface area (Å²) in [7, 11) is 0. The maximum Gasteiger partial charge on any atom is 0.346 e. The molecule has 0 aliphatic heterocycles. The van der Waals surface area contributed by atoms with Crippen molar-refractivity contribution in [2.24, 2.45) is 0 Å².